The van der Waals surface area contributed by atoms with Crippen LogP contribution in [0, 0.1) is 11.8 Å². The number of carbonyl (C=O) groups is 1. The zero-order valence-corrected chi connectivity index (χ0v) is 19.1. The Balaban J connectivity index is 1.58. The van der Waals surface area contributed by atoms with Gasteiger partial charge in [0.05, 0.1) is 31.6 Å². The molecule has 0 amide bonds. The molecule has 3 aliphatic rings. The lowest BCUT2D eigenvalue weighted by molar-refractivity contribution is 0.0941. The number of nitrogens with zero attached hydrogens (tertiary/aromatic N) is 1. The summed E-state index contributed by atoms with van der Waals surface area (Å²) in [6.07, 6.45) is 4.54. The number of anilines is 1. The smallest absolute Gasteiger partial charge is 0.188 e. The van der Waals surface area contributed by atoms with Crippen molar-refractivity contribution in [3.63, 3.8) is 0 Å². The Hall–Kier alpha value is -2.09. The second kappa shape index (κ2) is 8.81. The number of carbonyl (C=O) groups excluding carboxylic acids is 1. The van der Waals surface area contributed by atoms with Crippen molar-refractivity contribution in [2.75, 3.05) is 39.7 Å². The maximum absolute atomic E-state index is 11.8. The van der Waals surface area contributed by atoms with Crippen LogP contribution in [0.2, 0.25) is 0 Å². The van der Waals surface area contributed by atoms with Gasteiger partial charge in [0.25, 0.3) is 0 Å². The molecule has 0 radical (unpaired) electrons. The van der Waals surface area contributed by atoms with E-state index in [9.17, 15) is 4.79 Å². The molecule has 0 bridgehead atoms. The molecule has 3 fully saturated rings. The average Bonchev–Trinajstić information content (AvgIpc) is 3.49. The summed E-state index contributed by atoms with van der Waals surface area (Å²) in [5.41, 5.74) is 2.42. The fourth-order valence-electron chi connectivity index (χ4n) is 5.59. The molecule has 0 spiro atoms. The second-order valence-corrected chi connectivity index (χ2v) is 9.18. The van der Waals surface area contributed by atoms with Gasteiger partial charge in [0, 0.05) is 37.5 Å². The molecular formula is C24H34N2O5. The first kappa shape index (κ1) is 22.1. The van der Waals surface area contributed by atoms with E-state index in [-0.39, 0.29) is 17.9 Å². The molecule has 3 aliphatic heterocycles. The van der Waals surface area contributed by atoms with Crippen molar-refractivity contribution in [1.82, 2.24) is 4.90 Å². The Morgan fingerprint density at radius 2 is 2.13 bits per heavy atom. The van der Waals surface area contributed by atoms with E-state index in [0.717, 1.165) is 37.9 Å². The molecular weight excluding hydrogens is 396 g/mol. The highest BCUT2D eigenvalue weighted by Gasteiger charge is 2.53. The molecule has 0 aromatic heterocycles. The zero-order chi connectivity index (χ0) is 22.2. The number of nitrogens with one attached hydrogen (secondary N) is 1. The highest BCUT2D eigenvalue weighted by atomic mass is 16.8. The van der Waals surface area contributed by atoms with Gasteiger partial charge in [-0.2, -0.15) is 0 Å². The molecule has 170 valence electrons. The lowest BCUT2D eigenvalue weighted by Crippen LogP contribution is -2.54. The minimum atomic E-state index is -0.174. The van der Waals surface area contributed by atoms with Gasteiger partial charge in [-0.25, -0.2) is 0 Å². The number of rotatable bonds is 8. The van der Waals surface area contributed by atoms with E-state index < -0.39 is 0 Å². The number of epoxide rings is 1. The van der Waals surface area contributed by atoms with E-state index in [1.165, 1.54) is 5.57 Å². The van der Waals surface area contributed by atoms with Crippen molar-refractivity contribution in [2.24, 2.45) is 11.8 Å². The third-order valence-electron chi connectivity index (χ3n) is 7.30. The molecule has 4 rings (SSSR count). The van der Waals surface area contributed by atoms with Crippen LogP contribution < -0.4 is 10.1 Å². The first-order valence-electron chi connectivity index (χ1n) is 11.0. The van der Waals surface area contributed by atoms with Crippen LogP contribution in [0.5, 0.6) is 5.75 Å². The molecule has 1 aromatic carbocycles. The monoisotopic (exact) mass is 430 g/mol. The molecule has 0 aliphatic carbocycles. The quantitative estimate of drug-likeness (QED) is 0.385. The zero-order valence-electron chi connectivity index (χ0n) is 19.1. The van der Waals surface area contributed by atoms with E-state index in [1.807, 2.05) is 24.5 Å². The third-order valence-corrected chi connectivity index (χ3v) is 7.30. The Morgan fingerprint density at radius 1 is 1.32 bits per heavy atom. The maximum atomic E-state index is 11.8. The molecule has 1 N–H and O–H groups in total. The van der Waals surface area contributed by atoms with Gasteiger partial charge in [-0.1, -0.05) is 13.0 Å². The summed E-state index contributed by atoms with van der Waals surface area (Å²) in [6, 6.07) is 6.03. The summed E-state index contributed by atoms with van der Waals surface area (Å²) < 4.78 is 22.0. The van der Waals surface area contributed by atoms with Crippen LogP contribution >= 0.6 is 0 Å². The summed E-state index contributed by atoms with van der Waals surface area (Å²) >= 11 is 0. The Kier molecular flexibility index (Phi) is 6.28. The van der Waals surface area contributed by atoms with Crippen molar-refractivity contribution in [3.05, 3.63) is 35.6 Å². The van der Waals surface area contributed by atoms with Gasteiger partial charge >= 0.3 is 0 Å². The molecule has 3 saturated heterocycles. The summed E-state index contributed by atoms with van der Waals surface area (Å²) in [5.74, 6) is 1.43. The van der Waals surface area contributed by atoms with Gasteiger partial charge in [0.2, 0.25) is 0 Å². The average molecular weight is 431 g/mol. The molecule has 2 unspecified atom stereocenters. The second-order valence-electron chi connectivity index (χ2n) is 9.18. The maximum Gasteiger partial charge on any atom is 0.188 e. The van der Waals surface area contributed by atoms with Gasteiger partial charge in [-0.05, 0) is 43.7 Å². The molecule has 3 heterocycles. The van der Waals surface area contributed by atoms with Crippen molar-refractivity contribution < 1.29 is 23.7 Å². The lowest BCUT2D eigenvalue weighted by Gasteiger charge is -2.45. The lowest BCUT2D eigenvalue weighted by atomic mass is 9.74. The highest BCUT2D eigenvalue weighted by molar-refractivity contribution is 5.88. The Bertz CT molecular complexity index is 843. The number of hydrogen-bond donors (Lipinski definition) is 1. The van der Waals surface area contributed by atoms with Gasteiger partial charge < -0.3 is 24.3 Å². The van der Waals surface area contributed by atoms with Gasteiger partial charge in [-0.15, -0.1) is 0 Å². The van der Waals surface area contributed by atoms with E-state index in [2.05, 4.69) is 24.1 Å². The van der Waals surface area contributed by atoms with Crippen LogP contribution in [-0.4, -0.2) is 69.6 Å². The fraction of sp³-hybridized carbons (Fsp3) is 0.625. The van der Waals surface area contributed by atoms with Crippen molar-refractivity contribution >= 4 is 12.0 Å². The number of hydrogen-bond acceptors (Lipinski definition) is 7. The van der Waals surface area contributed by atoms with Crippen LogP contribution in [0.3, 0.4) is 0 Å². The molecule has 31 heavy (non-hydrogen) atoms. The number of ether oxygens (including phenoxy) is 4. The number of aldehydes is 1. The first-order chi connectivity index (χ1) is 15.0. The van der Waals surface area contributed by atoms with E-state index in [0.29, 0.717) is 29.2 Å². The minimum absolute atomic E-state index is 0.0235. The number of piperidine rings is 1. The summed E-state index contributed by atoms with van der Waals surface area (Å²) in [6.45, 7) is 6.64. The SMILES string of the molecule is CO/C=C(/C1OC1OC)[C@H]1C[C@@H]2N(CC[C@]2(C)Nc2cccc(OC)c2C=O)C[C@H]1C. The number of fused-ring (bicyclic) bond motifs is 1. The van der Waals surface area contributed by atoms with Crippen LogP contribution in [0.25, 0.3) is 0 Å². The topological polar surface area (TPSA) is 72.6 Å². The molecule has 7 nitrogen and oxygen atoms in total. The predicted octanol–water partition coefficient (Wildman–Crippen LogP) is 3.31. The van der Waals surface area contributed by atoms with Crippen LogP contribution in [0.15, 0.2) is 30.0 Å². The van der Waals surface area contributed by atoms with Crippen LogP contribution in [-0.2, 0) is 14.2 Å². The highest BCUT2D eigenvalue weighted by Crippen LogP contribution is 2.47. The largest absolute Gasteiger partial charge is 0.504 e. The normalized spacial score (nSPS) is 35.4. The van der Waals surface area contributed by atoms with Crippen molar-refractivity contribution in [2.45, 2.75) is 50.7 Å². The standard InChI is InChI=1S/C24H34N2O5/c1-15-12-26-10-9-24(2,25-19-7-6-8-20(29-4)17(19)13-27)21(26)11-16(15)18(14-28-3)22-23(30-5)31-22/h6-8,13-16,21-23,25H,9-12H2,1-5H3/b18-14+/t15-,16+,21+,22?,23?,24+/m1/s1. The van der Waals surface area contributed by atoms with Crippen LogP contribution in [0.4, 0.5) is 5.69 Å². The number of benzene rings is 1. The summed E-state index contributed by atoms with van der Waals surface area (Å²) in [4.78, 5) is 14.4. The fourth-order valence-corrected chi connectivity index (χ4v) is 5.59. The molecule has 1 aromatic rings. The van der Waals surface area contributed by atoms with E-state index in [1.54, 1.807) is 21.3 Å². The van der Waals surface area contributed by atoms with Gasteiger partial charge in [0.1, 0.15) is 11.9 Å². The summed E-state index contributed by atoms with van der Waals surface area (Å²) in [7, 11) is 4.96. The summed E-state index contributed by atoms with van der Waals surface area (Å²) in [5, 5.41) is 3.72. The molecule has 7 heteroatoms. The predicted molar refractivity (Wildman–Crippen MR) is 118 cm³/mol. The Morgan fingerprint density at radius 3 is 2.77 bits per heavy atom. The number of methoxy groups -OCH3 is 3. The van der Waals surface area contributed by atoms with Gasteiger partial charge in [-0.3, -0.25) is 9.69 Å². The molecule has 0 saturated carbocycles. The van der Waals surface area contributed by atoms with E-state index >= 15 is 0 Å². The first-order valence-corrected chi connectivity index (χ1v) is 11.0. The minimum Gasteiger partial charge on any atom is -0.504 e. The van der Waals surface area contributed by atoms with E-state index in [4.69, 9.17) is 18.9 Å². The van der Waals surface area contributed by atoms with Crippen LogP contribution in [0.1, 0.15) is 37.0 Å². The Labute approximate surface area is 184 Å². The third kappa shape index (κ3) is 4.06. The van der Waals surface area contributed by atoms with Gasteiger partial charge in [0.15, 0.2) is 12.6 Å². The molecule has 6 atom stereocenters. The van der Waals surface area contributed by atoms with Crippen molar-refractivity contribution in [3.8, 4) is 5.75 Å². The van der Waals surface area contributed by atoms with Crippen molar-refractivity contribution in [1.29, 1.82) is 0 Å².